The Hall–Kier alpha value is -0.470. The number of nitrogens with one attached hydrogen (secondary N) is 1. The molecule has 102 valence electrons. The highest BCUT2D eigenvalue weighted by atomic mass is 35.5. The molecule has 0 radical (unpaired) electrons. The standard InChI is InChI=1S/C9H9Cl2F2NO3S/c10-6-2-7(11)8(1-5(6)4-15)18(16,17)14-3-9(12)13/h1-2,9,14-15H,3-4H2. The van der Waals surface area contributed by atoms with Gasteiger partial charge in [0.2, 0.25) is 10.0 Å². The lowest BCUT2D eigenvalue weighted by atomic mass is 10.2. The maximum Gasteiger partial charge on any atom is 0.251 e. The molecule has 4 nitrogen and oxygen atoms in total. The molecule has 0 aliphatic carbocycles. The van der Waals surface area contributed by atoms with Crippen LogP contribution in [0.15, 0.2) is 17.0 Å². The van der Waals surface area contributed by atoms with Crippen LogP contribution in [0.5, 0.6) is 0 Å². The summed E-state index contributed by atoms with van der Waals surface area (Å²) in [7, 11) is -4.17. The van der Waals surface area contributed by atoms with Gasteiger partial charge in [0.05, 0.1) is 18.2 Å². The summed E-state index contributed by atoms with van der Waals surface area (Å²) in [6.45, 7) is -1.51. The summed E-state index contributed by atoms with van der Waals surface area (Å²) in [4.78, 5) is -0.404. The third-order valence-corrected chi connectivity index (χ3v) is 4.23. The minimum atomic E-state index is -4.17. The maximum atomic E-state index is 12.0. The Morgan fingerprint density at radius 3 is 2.39 bits per heavy atom. The molecule has 0 fully saturated rings. The fourth-order valence-corrected chi connectivity index (χ4v) is 3.01. The van der Waals surface area contributed by atoms with Crippen molar-refractivity contribution in [3.05, 3.63) is 27.7 Å². The van der Waals surface area contributed by atoms with E-state index in [-0.39, 0.29) is 15.6 Å². The number of benzene rings is 1. The average molecular weight is 320 g/mol. The van der Waals surface area contributed by atoms with E-state index < -0.39 is 34.5 Å². The van der Waals surface area contributed by atoms with Crippen molar-refractivity contribution in [3.8, 4) is 0 Å². The summed E-state index contributed by atoms with van der Waals surface area (Å²) in [5, 5.41) is 8.84. The van der Waals surface area contributed by atoms with Gasteiger partial charge in [-0.1, -0.05) is 23.2 Å². The van der Waals surface area contributed by atoms with Crippen LogP contribution in [0, 0.1) is 0 Å². The van der Waals surface area contributed by atoms with E-state index in [4.69, 9.17) is 28.3 Å². The van der Waals surface area contributed by atoms with Gasteiger partial charge < -0.3 is 5.11 Å². The van der Waals surface area contributed by atoms with E-state index >= 15 is 0 Å². The van der Waals surface area contributed by atoms with Gasteiger partial charge in [-0.2, -0.15) is 0 Å². The lowest BCUT2D eigenvalue weighted by Gasteiger charge is -2.10. The average Bonchev–Trinajstić information content (AvgIpc) is 2.26. The fourth-order valence-electron chi connectivity index (χ4n) is 1.15. The predicted octanol–water partition coefficient (Wildman–Crippen LogP) is 2.03. The van der Waals surface area contributed by atoms with Crippen LogP contribution in [-0.4, -0.2) is 26.5 Å². The SMILES string of the molecule is O=S(=O)(NCC(F)F)c1cc(CO)c(Cl)cc1Cl. The van der Waals surface area contributed by atoms with Gasteiger partial charge >= 0.3 is 0 Å². The minimum Gasteiger partial charge on any atom is -0.392 e. The number of alkyl halides is 2. The summed E-state index contributed by atoms with van der Waals surface area (Å²) in [6.07, 6.45) is -2.82. The van der Waals surface area contributed by atoms with Crippen molar-refractivity contribution in [2.75, 3.05) is 6.54 Å². The quantitative estimate of drug-likeness (QED) is 0.872. The molecule has 0 amide bonds. The maximum absolute atomic E-state index is 12.0. The zero-order chi connectivity index (χ0) is 13.9. The molecule has 9 heteroatoms. The van der Waals surface area contributed by atoms with Gasteiger partial charge in [0.1, 0.15) is 4.90 Å². The summed E-state index contributed by atoms with van der Waals surface area (Å²) < 4.78 is 49.0. The number of hydrogen-bond acceptors (Lipinski definition) is 3. The van der Waals surface area contributed by atoms with Crippen LogP contribution in [0.4, 0.5) is 8.78 Å². The number of sulfonamides is 1. The first-order valence-electron chi connectivity index (χ1n) is 4.64. The fraction of sp³-hybridized carbons (Fsp3) is 0.333. The van der Waals surface area contributed by atoms with E-state index in [9.17, 15) is 17.2 Å². The highest BCUT2D eigenvalue weighted by Crippen LogP contribution is 2.28. The van der Waals surface area contributed by atoms with E-state index in [1.165, 1.54) is 0 Å². The first-order chi connectivity index (χ1) is 8.27. The van der Waals surface area contributed by atoms with Gasteiger partial charge in [0.15, 0.2) is 0 Å². The van der Waals surface area contributed by atoms with Crippen molar-refractivity contribution in [1.29, 1.82) is 0 Å². The second kappa shape index (κ2) is 6.12. The van der Waals surface area contributed by atoms with Crippen molar-refractivity contribution in [2.24, 2.45) is 0 Å². The molecule has 0 atom stereocenters. The smallest absolute Gasteiger partial charge is 0.251 e. The zero-order valence-electron chi connectivity index (χ0n) is 8.83. The molecule has 0 bridgehead atoms. The topological polar surface area (TPSA) is 66.4 Å². The minimum absolute atomic E-state index is 0.0929. The summed E-state index contributed by atoms with van der Waals surface area (Å²) in [5.41, 5.74) is 0.137. The van der Waals surface area contributed by atoms with Gasteiger partial charge in [0, 0.05) is 5.02 Å². The van der Waals surface area contributed by atoms with Gasteiger partial charge in [-0.15, -0.1) is 0 Å². The first-order valence-corrected chi connectivity index (χ1v) is 6.88. The molecule has 0 aliphatic heterocycles. The van der Waals surface area contributed by atoms with E-state index in [1.807, 2.05) is 0 Å². The predicted molar refractivity (Wildman–Crippen MR) is 63.6 cm³/mol. The highest BCUT2D eigenvalue weighted by molar-refractivity contribution is 7.89. The molecule has 1 aromatic rings. The molecule has 0 aliphatic rings. The molecule has 1 aromatic carbocycles. The normalized spacial score (nSPS) is 12.1. The second-order valence-corrected chi connectivity index (χ2v) is 5.82. The van der Waals surface area contributed by atoms with Crippen molar-refractivity contribution in [2.45, 2.75) is 17.9 Å². The molecule has 2 N–H and O–H groups in total. The van der Waals surface area contributed by atoms with Crippen LogP contribution in [-0.2, 0) is 16.6 Å². The third kappa shape index (κ3) is 3.76. The van der Waals surface area contributed by atoms with Gasteiger partial charge in [-0.3, -0.25) is 0 Å². The lowest BCUT2D eigenvalue weighted by molar-refractivity contribution is 0.153. The molecule has 0 saturated heterocycles. The van der Waals surface area contributed by atoms with E-state index in [0.717, 1.165) is 12.1 Å². The van der Waals surface area contributed by atoms with E-state index in [0.29, 0.717) is 0 Å². The molecule has 0 aromatic heterocycles. The van der Waals surface area contributed by atoms with Gasteiger partial charge in [-0.25, -0.2) is 21.9 Å². The van der Waals surface area contributed by atoms with E-state index in [1.54, 1.807) is 4.72 Å². The Morgan fingerprint density at radius 1 is 1.28 bits per heavy atom. The Bertz CT molecular complexity index is 537. The van der Waals surface area contributed by atoms with Crippen molar-refractivity contribution < 1.29 is 22.3 Å². The number of hydrogen-bond donors (Lipinski definition) is 2. The largest absolute Gasteiger partial charge is 0.392 e. The summed E-state index contributed by atoms with van der Waals surface area (Å²) >= 11 is 11.4. The number of rotatable bonds is 5. The Kier molecular flexibility index (Phi) is 5.30. The Balaban J connectivity index is 3.16. The summed E-state index contributed by atoms with van der Waals surface area (Å²) in [5.74, 6) is 0. The monoisotopic (exact) mass is 319 g/mol. The molecule has 0 unspecified atom stereocenters. The van der Waals surface area contributed by atoms with Gasteiger partial charge in [-0.05, 0) is 17.7 Å². The highest BCUT2D eigenvalue weighted by Gasteiger charge is 2.21. The Morgan fingerprint density at radius 2 is 1.89 bits per heavy atom. The molecule has 1 rings (SSSR count). The van der Waals surface area contributed by atoms with Crippen LogP contribution in [0.2, 0.25) is 10.0 Å². The number of aliphatic hydroxyl groups excluding tert-OH is 1. The van der Waals surface area contributed by atoms with Crippen LogP contribution >= 0.6 is 23.2 Å². The number of halogens is 4. The lowest BCUT2D eigenvalue weighted by Crippen LogP contribution is -2.29. The molecular weight excluding hydrogens is 311 g/mol. The Labute approximate surface area is 113 Å². The zero-order valence-corrected chi connectivity index (χ0v) is 11.2. The molecule has 0 heterocycles. The summed E-state index contributed by atoms with van der Waals surface area (Å²) in [6, 6.07) is 2.17. The molecule has 0 spiro atoms. The molecule has 0 saturated carbocycles. The molecule has 18 heavy (non-hydrogen) atoms. The second-order valence-electron chi connectivity index (χ2n) is 3.28. The van der Waals surface area contributed by atoms with Crippen molar-refractivity contribution >= 4 is 33.2 Å². The van der Waals surface area contributed by atoms with E-state index in [2.05, 4.69) is 0 Å². The van der Waals surface area contributed by atoms with Crippen molar-refractivity contribution in [1.82, 2.24) is 4.72 Å². The third-order valence-electron chi connectivity index (χ3n) is 1.99. The number of aliphatic hydroxyl groups is 1. The van der Waals surface area contributed by atoms with Crippen LogP contribution in [0.1, 0.15) is 5.56 Å². The molecular formula is C9H9Cl2F2NO3S. The van der Waals surface area contributed by atoms with Crippen LogP contribution in [0.25, 0.3) is 0 Å². The van der Waals surface area contributed by atoms with Crippen LogP contribution in [0.3, 0.4) is 0 Å². The first kappa shape index (κ1) is 15.6. The van der Waals surface area contributed by atoms with Crippen LogP contribution < -0.4 is 4.72 Å². The van der Waals surface area contributed by atoms with Gasteiger partial charge in [0.25, 0.3) is 6.43 Å². The van der Waals surface area contributed by atoms with Crippen molar-refractivity contribution in [3.63, 3.8) is 0 Å².